The first-order valence-corrected chi connectivity index (χ1v) is 10.1. The molecule has 0 unspecified atom stereocenters. The van der Waals surface area contributed by atoms with Crippen molar-refractivity contribution >= 4 is 40.3 Å². The number of hydrogen-bond donors (Lipinski definition) is 2. The van der Waals surface area contributed by atoms with E-state index >= 15 is 0 Å². The summed E-state index contributed by atoms with van der Waals surface area (Å²) >= 11 is 6.07. The average molecular weight is 409 g/mol. The molecule has 1 fully saturated rings. The van der Waals surface area contributed by atoms with Crippen molar-refractivity contribution in [2.75, 3.05) is 4.90 Å². The fraction of sp³-hybridized carbons (Fsp3) is 0.286. The molecule has 7 nitrogen and oxygen atoms in total. The van der Waals surface area contributed by atoms with Crippen molar-refractivity contribution < 1.29 is 4.42 Å². The molecule has 0 amide bonds. The zero-order chi connectivity index (χ0) is 20.0. The van der Waals surface area contributed by atoms with Gasteiger partial charge in [-0.1, -0.05) is 24.1 Å². The minimum absolute atomic E-state index is 0.243. The predicted octanol–water partition coefficient (Wildman–Crippen LogP) is 4.26. The lowest BCUT2D eigenvalue weighted by Crippen LogP contribution is -2.58. The van der Waals surface area contributed by atoms with Crippen molar-refractivity contribution in [2.24, 2.45) is 21.5 Å². The summed E-state index contributed by atoms with van der Waals surface area (Å²) in [6.45, 7) is 0. The van der Waals surface area contributed by atoms with E-state index < -0.39 is 5.66 Å². The summed E-state index contributed by atoms with van der Waals surface area (Å²) in [6.07, 6.45) is 5.11. The number of oxazole rings is 1. The van der Waals surface area contributed by atoms with E-state index in [1.807, 2.05) is 35.2 Å². The van der Waals surface area contributed by atoms with Gasteiger partial charge in [-0.3, -0.25) is 4.90 Å². The zero-order valence-electron chi connectivity index (χ0n) is 15.8. The first kappa shape index (κ1) is 18.0. The van der Waals surface area contributed by atoms with E-state index in [0.29, 0.717) is 22.5 Å². The molecule has 148 valence electrons. The Bertz CT molecular complexity index is 1150. The number of halogens is 1. The van der Waals surface area contributed by atoms with Gasteiger partial charge in [0.25, 0.3) is 0 Å². The van der Waals surface area contributed by atoms with Gasteiger partial charge in [0.15, 0.2) is 5.58 Å². The Morgan fingerprint density at radius 2 is 1.86 bits per heavy atom. The molecular formula is C21H21ClN6O. The molecule has 0 radical (unpaired) electrons. The number of benzene rings is 2. The summed E-state index contributed by atoms with van der Waals surface area (Å²) in [5.74, 6) is 1.13. The highest BCUT2D eigenvalue weighted by molar-refractivity contribution is 6.31. The van der Waals surface area contributed by atoms with Gasteiger partial charge in [-0.05, 0) is 56.0 Å². The van der Waals surface area contributed by atoms with Gasteiger partial charge in [-0.25, -0.2) is 9.98 Å². The fourth-order valence-corrected chi connectivity index (χ4v) is 4.46. The number of hydrogen-bond acceptors (Lipinski definition) is 7. The van der Waals surface area contributed by atoms with Crippen LogP contribution in [0.5, 0.6) is 0 Å². The van der Waals surface area contributed by atoms with Crippen molar-refractivity contribution in [1.82, 2.24) is 4.98 Å². The second-order valence-electron chi connectivity index (χ2n) is 7.50. The van der Waals surface area contributed by atoms with E-state index in [2.05, 4.69) is 9.98 Å². The van der Waals surface area contributed by atoms with Crippen LogP contribution in [-0.2, 0) is 0 Å². The van der Waals surface area contributed by atoms with E-state index in [4.69, 9.17) is 32.5 Å². The van der Waals surface area contributed by atoms with E-state index in [1.54, 1.807) is 12.1 Å². The van der Waals surface area contributed by atoms with Crippen LogP contribution in [0.2, 0.25) is 5.02 Å². The molecule has 29 heavy (non-hydrogen) atoms. The molecular weight excluding hydrogens is 388 g/mol. The molecule has 0 saturated heterocycles. The molecule has 2 aromatic carbocycles. The minimum atomic E-state index is -0.485. The lowest BCUT2D eigenvalue weighted by atomic mass is 9.87. The average Bonchev–Trinajstić information content (AvgIpc) is 3.11. The standard InChI is InChI=1S/C21H21ClN6O/c22-14-7-8-16-17(12-14)29-18(25-16)13-5-4-6-15(11-13)28-20(24)26-19(23)27-21(28)9-2-1-3-10-21/h4-8,11-12H,1-3,9-10H2,(H4,23,24,26,27). The third kappa shape index (κ3) is 3.11. The van der Waals surface area contributed by atoms with Crippen LogP contribution in [0.1, 0.15) is 32.1 Å². The van der Waals surface area contributed by atoms with E-state index in [-0.39, 0.29) is 5.96 Å². The van der Waals surface area contributed by atoms with Crippen molar-refractivity contribution in [3.8, 4) is 11.5 Å². The van der Waals surface area contributed by atoms with Crippen LogP contribution in [0.15, 0.2) is 56.9 Å². The Balaban J connectivity index is 1.58. The first-order valence-electron chi connectivity index (χ1n) is 9.70. The highest BCUT2D eigenvalue weighted by Crippen LogP contribution is 2.40. The molecule has 2 aliphatic rings. The van der Waals surface area contributed by atoms with Crippen LogP contribution in [0, 0.1) is 0 Å². The molecule has 1 spiro atoms. The number of aliphatic imine (C=N–C) groups is 2. The zero-order valence-corrected chi connectivity index (χ0v) is 16.6. The SMILES string of the molecule is NC1=NC2(CCCCC2)N(c2cccc(-c3nc4ccc(Cl)cc4o3)c2)C(N)=N1. The summed E-state index contributed by atoms with van der Waals surface area (Å²) in [5.41, 5.74) is 15.0. The van der Waals surface area contributed by atoms with Gasteiger partial charge in [0, 0.05) is 22.3 Å². The maximum atomic E-state index is 6.34. The minimum Gasteiger partial charge on any atom is -0.436 e. The van der Waals surface area contributed by atoms with Gasteiger partial charge in [0.2, 0.25) is 17.8 Å². The van der Waals surface area contributed by atoms with Crippen LogP contribution in [0.25, 0.3) is 22.6 Å². The quantitative estimate of drug-likeness (QED) is 0.658. The normalized spacial score (nSPS) is 18.7. The highest BCUT2D eigenvalue weighted by atomic mass is 35.5. The molecule has 1 saturated carbocycles. The maximum Gasteiger partial charge on any atom is 0.227 e. The van der Waals surface area contributed by atoms with E-state index in [0.717, 1.165) is 42.5 Å². The molecule has 1 aliphatic carbocycles. The highest BCUT2D eigenvalue weighted by Gasteiger charge is 2.42. The Labute approximate surface area is 173 Å². The van der Waals surface area contributed by atoms with Crippen LogP contribution >= 0.6 is 11.6 Å². The van der Waals surface area contributed by atoms with Crippen molar-refractivity contribution in [3.05, 3.63) is 47.5 Å². The molecule has 5 rings (SSSR count). The van der Waals surface area contributed by atoms with Gasteiger partial charge in [-0.2, -0.15) is 4.99 Å². The van der Waals surface area contributed by atoms with Crippen LogP contribution in [0.3, 0.4) is 0 Å². The number of guanidine groups is 2. The number of fused-ring (bicyclic) bond motifs is 1. The first-order chi connectivity index (χ1) is 14.0. The maximum absolute atomic E-state index is 6.34. The Hall–Kier alpha value is -3.06. The third-order valence-electron chi connectivity index (χ3n) is 5.55. The third-order valence-corrected chi connectivity index (χ3v) is 5.79. The van der Waals surface area contributed by atoms with Gasteiger partial charge in [-0.15, -0.1) is 0 Å². The monoisotopic (exact) mass is 408 g/mol. The lowest BCUT2D eigenvalue weighted by Gasteiger charge is -2.45. The fourth-order valence-electron chi connectivity index (χ4n) is 4.29. The second-order valence-corrected chi connectivity index (χ2v) is 7.94. The number of nitrogens with two attached hydrogens (primary N) is 2. The number of rotatable bonds is 2. The summed E-state index contributed by atoms with van der Waals surface area (Å²) in [6, 6.07) is 13.3. The molecule has 4 N–H and O–H groups in total. The topological polar surface area (TPSA) is 106 Å². The van der Waals surface area contributed by atoms with Gasteiger partial charge >= 0.3 is 0 Å². The van der Waals surface area contributed by atoms with Crippen molar-refractivity contribution in [1.29, 1.82) is 0 Å². The second kappa shape index (κ2) is 6.77. The Morgan fingerprint density at radius 1 is 1.03 bits per heavy atom. The molecule has 1 aromatic heterocycles. The summed E-state index contributed by atoms with van der Waals surface area (Å²) in [5, 5.41) is 0.612. The number of aromatic nitrogens is 1. The van der Waals surface area contributed by atoms with Crippen LogP contribution in [0.4, 0.5) is 5.69 Å². The number of anilines is 1. The smallest absolute Gasteiger partial charge is 0.227 e. The summed E-state index contributed by atoms with van der Waals surface area (Å²) in [7, 11) is 0. The Morgan fingerprint density at radius 3 is 2.69 bits per heavy atom. The largest absolute Gasteiger partial charge is 0.436 e. The molecule has 2 heterocycles. The van der Waals surface area contributed by atoms with E-state index in [9.17, 15) is 0 Å². The summed E-state index contributed by atoms with van der Waals surface area (Å²) < 4.78 is 5.94. The van der Waals surface area contributed by atoms with Crippen molar-refractivity contribution in [3.63, 3.8) is 0 Å². The molecule has 0 bridgehead atoms. The van der Waals surface area contributed by atoms with Crippen LogP contribution in [-0.4, -0.2) is 22.6 Å². The van der Waals surface area contributed by atoms with Crippen LogP contribution < -0.4 is 16.4 Å². The Kier molecular flexibility index (Phi) is 4.20. The number of nitrogens with zero attached hydrogens (tertiary/aromatic N) is 4. The predicted molar refractivity (Wildman–Crippen MR) is 116 cm³/mol. The van der Waals surface area contributed by atoms with Gasteiger partial charge in [0.1, 0.15) is 11.2 Å². The van der Waals surface area contributed by atoms with Crippen molar-refractivity contribution in [2.45, 2.75) is 37.8 Å². The summed E-state index contributed by atoms with van der Waals surface area (Å²) in [4.78, 5) is 15.6. The molecule has 0 atom stereocenters. The lowest BCUT2D eigenvalue weighted by molar-refractivity contribution is 0.305. The molecule has 1 aliphatic heterocycles. The van der Waals surface area contributed by atoms with Gasteiger partial charge in [0.05, 0.1) is 0 Å². The van der Waals surface area contributed by atoms with Gasteiger partial charge < -0.3 is 15.9 Å². The molecule has 8 heteroatoms. The van der Waals surface area contributed by atoms with E-state index in [1.165, 1.54) is 6.42 Å². The molecule has 3 aromatic rings.